The van der Waals surface area contributed by atoms with Crippen molar-refractivity contribution < 1.29 is 4.79 Å². The van der Waals surface area contributed by atoms with Crippen LogP contribution >= 0.6 is 0 Å². The average molecular weight is 441 g/mol. The van der Waals surface area contributed by atoms with E-state index in [1.54, 1.807) is 18.2 Å². The van der Waals surface area contributed by atoms with Crippen LogP contribution in [0.4, 0.5) is 0 Å². The summed E-state index contributed by atoms with van der Waals surface area (Å²) in [5, 5.41) is 6.91. The van der Waals surface area contributed by atoms with E-state index in [0.29, 0.717) is 5.69 Å². The van der Waals surface area contributed by atoms with Crippen LogP contribution < -0.4 is 16.6 Å². The number of benzene rings is 3. The fourth-order valence-corrected chi connectivity index (χ4v) is 3.58. The standard InChI is InChI=1S/C26H24N4O3/c1-18-8-6-12-21(14-18)17-29-25(32)23(24(31)27-16-20-10-4-3-5-11-20)28-30(26(29)33)22-13-7-9-19(2)15-22/h3-15H,16-17H2,1-2H3,(H,27,31). The average Bonchev–Trinajstić information content (AvgIpc) is 2.81. The Labute approximate surface area is 191 Å². The first-order chi connectivity index (χ1) is 15.9. The van der Waals surface area contributed by atoms with Crippen molar-refractivity contribution in [2.45, 2.75) is 26.9 Å². The molecule has 0 fully saturated rings. The third kappa shape index (κ3) is 4.98. The highest BCUT2D eigenvalue weighted by atomic mass is 16.2. The molecule has 0 aliphatic rings. The first-order valence-electron chi connectivity index (χ1n) is 10.6. The topological polar surface area (TPSA) is 86.0 Å². The number of carbonyl (C=O) groups excluding carboxylic acids is 1. The van der Waals surface area contributed by atoms with Gasteiger partial charge in [0.05, 0.1) is 12.2 Å². The van der Waals surface area contributed by atoms with E-state index in [9.17, 15) is 14.4 Å². The van der Waals surface area contributed by atoms with E-state index in [4.69, 9.17) is 0 Å². The summed E-state index contributed by atoms with van der Waals surface area (Å²) >= 11 is 0. The molecule has 3 aromatic carbocycles. The fraction of sp³-hybridized carbons (Fsp3) is 0.154. The summed E-state index contributed by atoms with van der Waals surface area (Å²) in [7, 11) is 0. The van der Waals surface area contributed by atoms with Gasteiger partial charge >= 0.3 is 5.69 Å². The lowest BCUT2D eigenvalue weighted by Gasteiger charge is -2.13. The van der Waals surface area contributed by atoms with Crippen LogP contribution in [-0.2, 0) is 13.1 Å². The van der Waals surface area contributed by atoms with Crippen LogP contribution in [0.25, 0.3) is 5.69 Å². The number of nitrogens with zero attached hydrogens (tertiary/aromatic N) is 3. The van der Waals surface area contributed by atoms with E-state index >= 15 is 0 Å². The molecule has 7 heteroatoms. The molecular formula is C26H24N4O3. The largest absolute Gasteiger partial charge is 0.352 e. The summed E-state index contributed by atoms with van der Waals surface area (Å²) in [5.41, 5.74) is 2.42. The lowest BCUT2D eigenvalue weighted by molar-refractivity contribution is 0.0941. The van der Waals surface area contributed by atoms with Crippen LogP contribution in [0.15, 0.2) is 88.5 Å². The summed E-state index contributed by atoms with van der Waals surface area (Å²) in [6, 6.07) is 24.1. The van der Waals surface area contributed by atoms with Crippen LogP contribution in [0.2, 0.25) is 0 Å². The summed E-state index contributed by atoms with van der Waals surface area (Å²) in [6.45, 7) is 4.10. The monoisotopic (exact) mass is 440 g/mol. The number of hydrogen-bond acceptors (Lipinski definition) is 4. The molecule has 4 rings (SSSR count). The molecule has 0 bridgehead atoms. The SMILES string of the molecule is Cc1cccc(Cn2c(=O)c(C(=O)NCc3ccccc3)nn(-c3cccc(C)c3)c2=O)c1. The fourth-order valence-electron chi connectivity index (χ4n) is 3.58. The quantitative estimate of drug-likeness (QED) is 0.499. The predicted octanol–water partition coefficient (Wildman–Crippen LogP) is 2.99. The van der Waals surface area contributed by atoms with Crippen molar-refractivity contribution in [3.63, 3.8) is 0 Å². The van der Waals surface area contributed by atoms with Gasteiger partial charge in [0.2, 0.25) is 5.69 Å². The molecule has 166 valence electrons. The van der Waals surface area contributed by atoms with Crippen LogP contribution in [0, 0.1) is 13.8 Å². The van der Waals surface area contributed by atoms with Crippen molar-refractivity contribution in [2.75, 3.05) is 0 Å². The highest BCUT2D eigenvalue weighted by Crippen LogP contribution is 2.08. The Balaban J connectivity index is 1.79. The summed E-state index contributed by atoms with van der Waals surface area (Å²) in [5.74, 6) is -0.636. The van der Waals surface area contributed by atoms with Crippen molar-refractivity contribution >= 4 is 5.91 Å². The summed E-state index contributed by atoms with van der Waals surface area (Å²) < 4.78 is 2.17. The molecule has 0 saturated heterocycles. The Kier molecular flexibility index (Phi) is 6.31. The van der Waals surface area contributed by atoms with Crippen LogP contribution in [0.1, 0.15) is 32.7 Å². The molecule has 0 spiro atoms. The molecule has 33 heavy (non-hydrogen) atoms. The molecule has 0 aliphatic carbocycles. The molecule has 1 N–H and O–H groups in total. The summed E-state index contributed by atoms with van der Waals surface area (Å²) in [6.07, 6.45) is 0. The second kappa shape index (κ2) is 9.48. The Hall–Kier alpha value is -4.26. The highest BCUT2D eigenvalue weighted by Gasteiger charge is 2.20. The van der Waals surface area contributed by atoms with Crippen molar-refractivity contribution in [3.05, 3.63) is 128 Å². The van der Waals surface area contributed by atoms with Crippen molar-refractivity contribution in [2.24, 2.45) is 0 Å². The Morgan fingerprint density at radius 1 is 0.848 bits per heavy atom. The zero-order valence-electron chi connectivity index (χ0n) is 18.5. The molecule has 7 nitrogen and oxygen atoms in total. The normalized spacial score (nSPS) is 10.7. The molecule has 0 radical (unpaired) electrons. The zero-order chi connectivity index (χ0) is 23.4. The molecule has 0 saturated carbocycles. The van der Waals surface area contributed by atoms with Gasteiger partial charge in [-0.25, -0.2) is 4.79 Å². The third-order valence-corrected chi connectivity index (χ3v) is 5.24. The maximum absolute atomic E-state index is 13.3. The van der Waals surface area contributed by atoms with Gasteiger partial charge in [-0.3, -0.25) is 14.2 Å². The smallest absolute Gasteiger partial charge is 0.346 e. The number of aromatic nitrogens is 3. The van der Waals surface area contributed by atoms with Gasteiger partial charge in [-0.15, -0.1) is 0 Å². The second-order valence-corrected chi connectivity index (χ2v) is 7.93. The molecule has 1 aromatic heterocycles. The number of aryl methyl sites for hydroxylation is 2. The molecule has 1 amide bonds. The number of nitrogens with one attached hydrogen (secondary N) is 1. The van der Waals surface area contributed by atoms with Gasteiger partial charge in [0.15, 0.2) is 0 Å². The van der Waals surface area contributed by atoms with Crippen molar-refractivity contribution in [1.82, 2.24) is 19.7 Å². The lowest BCUT2D eigenvalue weighted by atomic mass is 10.1. The van der Waals surface area contributed by atoms with E-state index in [2.05, 4.69) is 10.4 Å². The Morgan fingerprint density at radius 2 is 1.52 bits per heavy atom. The van der Waals surface area contributed by atoms with Gasteiger partial charge in [-0.2, -0.15) is 9.78 Å². The van der Waals surface area contributed by atoms with Gasteiger partial charge in [-0.1, -0.05) is 72.3 Å². The second-order valence-electron chi connectivity index (χ2n) is 7.93. The molecule has 0 aliphatic heterocycles. The van der Waals surface area contributed by atoms with Crippen LogP contribution in [0.5, 0.6) is 0 Å². The molecule has 0 atom stereocenters. The minimum atomic E-state index is -0.726. The zero-order valence-corrected chi connectivity index (χ0v) is 18.5. The number of amides is 1. The van der Waals surface area contributed by atoms with Gasteiger partial charge in [0, 0.05) is 6.54 Å². The van der Waals surface area contributed by atoms with Crippen molar-refractivity contribution in [3.8, 4) is 5.69 Å². The Morgan fingerprint density at radius 3 is 2.21 bits per heavy atom. The third-order valence-electron chi connectivity index (χ3n) is 5.24. The van der Waals surface area contributed by atoms with Crippen LogP contribution in [0.3, 0.4) is 0 Å². The first-order valence-corrected chi connectivity index (χ1v) is 10.6. The van der Waals surface area contributed by atoms with E-state index < -0.39 is 17.2 Å². The molecule has 1 heterocycles. The van der Waals surface area contributed by atoms with E-state index in [1.807, 2.05) is 74.5 Å². The minimum Gasteiger partial charge on any atom is -0.346 e. The number of rotatable bonds is 6. The van der Waals surface area contributed by atoms with Crippen LogP contribution in [-0.4, -0.2) is 20.3 Å². The molecule has 0 unspecified atom stereocenters. The molecule has 4 aromatic rings. The van der Waals surface area contributed by atoms with Gasteiger partial charge < -0.3 is 5.32 Å². The highest BCUT2D eigenvalue weighted by molar-refractivity contribution is 5.91. The maximum atomic E-state index is 13.3. The van der Waals surface area contributed by atoms with Gasteiger partial charge in [-0.05, 0) is 42.7 Å². The van der Waals surface area contributed by atoms with E-state index in [1.165, 1.54) is 0 Å². The van der Waals surface area contributed by atoms with E-state index in [0.717, 1.165) is 31.5 Å². The number of carbonyl (C=O) groups is 1. The number of hydrogen-bond donors (Lipinski definition) is 1. The lowest BCUT2D eigenvalue weighted by Crippen LogP contribution is -2.46. The Bertz CT molecular complexity index is 1420. The summed E-state index contributed by atoms with van der Waals surface area (Å²) in [4.78, 5) is 39.4. The van der Waals surface area contributed by atoms with Gasteiger partial charge in [0.1, 0.15) is 0 Å². The maximum Gasteiger partial charge on any atom is 0.352 e. The minimum absolute atomic E-state index is 0.0344. The van der Waals surface area contributed by atoms with Gasteiger partial charge in [0.25, 0.3) is 11.5 Å². The molecular weight excluding hydrogens is 416 g/mol. The van der Waals surface area contributed by atoms with E-state index in [-0.39, 0.29) is 18.8 Å². The van der Waals surface area contributed by atoms with Crippen molar-refractivity contribution in [1.29, 1.82) is 0 Å². The predicted molar refractivity (Wildman–Crippen MR) is 127 cm³/mol. The first kappa shape index (κ1) is 22.0.